The lowest BCUT2D eigenvalue weighted by atomic mass is 10.1. The van der Waals surface area contributed by atoms with Crippen molar-refractivity contribution in [1.29, 1.82) is 0 Å². The Hall–Kier alpha value is -2.05. The average Bonchev–Trinajstić information content (AvgIpc) is 2.80. The van der Waals surface area contributed by atoms with Gasteiger partial charge in [-0.3, -0.25) is 15.1 Å². The molecule has 1 aromatic heterocycles. The van der Waals surface area contributed by atoms with Crippen LogP contribution in [-0.4, -0.2) is 29.9 Å². The Kier molecular flexibility index (Phi) is 5.35. The summed E-state index contributed by atoms with van der Waals surface area (Å²) >= 11 is 0. The molecule has 19 heavy (non-hydrogen) atoms. The Balaban J connectivity index is 0.00000180. The second-order valence-corrected chi connectivity index (χ2v) is 3.76. The van der Waals surface area contributed by atoms with E-state index in [0.717, 1.165) is 10.9 Å². The molecule has 0 aliphatic carbocycles. The van der Waals surface area contributed by atoms with Crippen LogP contribution in [0.2, 0.25) is 0 Å². The number of fused-ring (bicyclic) bond motifs is 1. The van der Waals surface area contributed by atoms with Gasteiger partial charge in [0, 0.05) is 23.6 Å². The highest BCUT2D eigenvalue weighted by atomic mass is 35.5. The second-order valence-electron chi connectivity index (χ2n) is 3.76. The summed E-state index contributed by atoms with van der Waals surface area (Å²) in [7, 11) is 0. The molecule has 6 nitrogen and oxygen atoms in total. The van der Waals surface area contributed by atoms with Gasteiger partial charge in [0.2, 0.25) is 0 Å². The first kappa shape index (κ1) is 15.0. The topological polar surface area (TPSA) is 109 Å². The third-order valence-corrected chi connectivity index (χ3v) is 2.49. The molecule has 6 N–H and O–H groups in total. The number of benzene rings is 1. The number of aromatic nitrogens is 1. The molecule has 0 bridgehead atoms. The first-order valence-corrected chi connectivity index (χ1v) is 5.60. The Morgan fingerprint density at radius 1 is 1.37 bits per heavy atom. The Labute approximate surface area is 116 Å². The van der Waals surface area contributed by atoms with Crippen LogP contribution in [0, 0.1) is 0 Å². The minimum Gasteiger partial charge on any atom is -0.370 e. The van der Waals surface area contributed by atoms with Crippen molar-refractivity contribution >= 4 is 35.2 Å². The fourth-order valence-electron chi connectivity index (χ4n) is 1.67. The van der Waals surface area contributed by atoms with Crippen molar-refractivity contribution in [3.63, 3.8) is 0 Å². The molecule has 0 saturated carbocycles. The number of para-hydroxylation sites is 1. The van der Waals surface area contributed by atoms with Crippen LogP contribution in [0.15, 0.2) is 35.5 Å². The largest absolute Gasteiger partial charge is 0.370 e. The summed E-state index contributed by atoms with van der Waals surface area (Å²) in [5.74, 6) is -0.207. The van der Waals surface area contributed by atoms with E-state index >= 15 is 0 Å². The summed E-state index contributed by atoms with van der Waals surface area (Å²) < 4.78 is 0. The van der Waals surface area contributed by atoms with Crippen molar-refractivity contribution in [3.8, 4) is 0 Å². The predicted octanol–water partition coefficient (Wildman–Crippen LogP) is 0.593. The van der Waals surface area contributed by atoms with Crippen molar-refractivity contribution in [3.05, 3.63) is 36.0 Å². The van der Waals surface area contributed by atoms with Crippen molar-refractivity contribution < 1.29 is 4.79 Å². The fourth-order valence-corrected chi connectivity index (χ4v) is 1.67. The van der Waals surface area contributed by atoms with E-state index in [9.17, 15) is 4.79 Å². The molecule has 0 saturated heterocycles. The highest BCUT2D eigenvalue weighted by molar-refractivity contribution is 6.12. The van der Waals surface area contributed by atoms with Crippen molar-refractivity contribution in [2.45, 2.75) is 0 Å². The molecule has 1 amide bonds. The van der Waals surface area contributed by atoms with Gasteiger partial charge in [-0.15, -0.1) is 12.4 Å². The molecule has 0 radical (unpaired) electrons. The molecule has 0 spiro atoms. The van der Waals surface area contributed by atoms with E-state index in [1.165, 1.54) is 0 Å². The lowest BCUT2D eigenvalue weighted by Gasteiger charge is -2.03. The van der Waals surface area contributed by atoms with Gasteiger partial charge in [-0.2, -0.15) is 0 Å². The van der Waals surface area contributed by atoms with Crippen LogP contribution < -0.4 is 16.8 Å². The maximum atomic E-state index is 12.0. The molecule has 102 valence electrons. The predicted molar refractivity (Wildman–Crippen MR) is 78.6 cm³/mol. The molecule has 2 rings (SSSR count). The Morgan fingerprint density at radius 3 is 2.84 bits per heavy atom. The van der Waals surface area contributed by atoms with Gasteiger partial charge in [0.05, 0.1) is 12.1 Å². The van der Waals surface area contributed by atoms with Crippen LogP contribution in [0.4, 0.5) is 0 Å². The van der Waals surface area contributed by atoms with E-state index in [1.54, 1.807) is 6.20 Å². The van der Waals surface area contributed by atoms with Gasteiger partial charge in [-0.1, -0.05) is 18.2 Å². The highest BCUT2D eigenvalue weighted by Crippen LogP contribution is 2.17. The normalized spacial score (nSPS) is 11.1. The number of hydrogen-bond donors (Lipinski definition) is 4. The molecule has 0 fully saturated rings. The zero-order valence-corrected chi connectivity index (χ0v) is 11.0. The van der Waals surface area contributed by atoms with Crippen molar-refractivity contribution in [2.75, 3.05) is 13.1 Å². The average molecular weight is 282 g/mol. The highest BCUT2D eigenvalue weighted by Gasteiger charge is 2.11. The first-order chi connectivity index (χ1) is 8.72. The number of halogens is 1. The molecule has 0 atom stereocenters. The van der Waals surface area contributed by atoms with E-state index in [2.05, 4.69) is 15.3 Å². The van der Waals surface area contributed by atoms with Crippen molar-refractivity contribution in [2.24, 2.45) is 16.5 Å². The van der Waals surface area contributed by atoms with Crippen LogP contribution in [0.25, 0.3) is 10.9 Å². The number of rotatable bonds is 3. The Morgan fingerprint density at radius 2 is 2.11 bits per heavy atom. The molecule has 0 aliphatic rings. The van der Waals surface area contributed by atoms with Gasteiger partial charge in [-0.25, -0.2) is 0 Å². The maximum Gasteiger partial charge on any atom is 0.260 e. The van der Waals surface area contributed by atoms with Crippen LogP contribution in [0.1, 0.15) is 10.4 Å². The summed E-state index contributed by atoms with van der Waals surface area (Å²) in [6.45, 7) is 0.781. The minimum atomic E-state index is -0.286. The summed E-state index contributed by atoms with van der Waals surface area (Å²) in [5, 5.41) is 3.37. The van der Waals surface area contributed by atoms with Gasteiger partial charge in [0.25, 0.3) is 5.91 Å². The van der Waals surface area contributed by atoms with Crippen LogP contribution >= 0.6 is 12.4 Å². The minimum absolute atomic E-state index is 0. The molecule has 0 aliphatic heterocycles. The third kappa shape index (κ3) is 3.46. The number of aliphatic imine (C=N–C) groups is 1. The lowest BCUT2D eigenvalue weighted by molar-refractivity contribution is 0.0978. The molecule has 7 heteroatoms. The lowest BCUT2D eigenvalue weighted by Crippen LogP contribution is -2.37. The zero-order valence-electron chi connectivity index (χ0n) is 10.2. The van der Waals surface area contributed by atoms with E-state index in [4.69, 9.17) is 11.5 Å². The monoisotopic (exact) mass is 281 g/mol. The number of nitrogens with one attached hydrogen (secondary N) is 2. The summed E-state index contributed by atoms with van der Waals surface area (Å²) in [6, 6.07) is 7.54. The number of amides is 1. The molecule has 1 heterocycles. The van der Waals surface area contributed by atoms with E-state index in [-0.39, 0.29) is 24.3 Å². The molecular weight excluding hydrogens is 266 g/mol. The number of H-pyrrole nitrogens is 1. The Bertz CT molecular complexity index is 593. The fraction of sp³-hybridized carbons (Fsp3) is 0.167. The number of nitrogens with two attached hydrogens (primary N) is 2. The van der Waals surface area contributed by atoms with Crippen LogP contribution in [0.5, 0.6) is 0 Å². The number of carbonyl (C=O) groups excluding carboxylic acids is 1. The number of aromatic amines is 1. The third-order valence-electron chi connectivity index (χ3n) is 2.49. The van der Waals surface area contributed by atoms with Crippen LogP contribution in [-0.2, 0) is 0 Å². The molecule has 0 unspecified atom stereocenters. The smallest absolute Gasteiger partial charge is 0.260 e. The molecule has 2 aromatic rings. The number of hydrogen-bond acceptors (Lipinski definition) is 3. The van der Waals surface area contributed by atoms with Gasteiger partial charge in [0.1, 0.15) is 0 Å². The maximum absolute atomic E-state index is 12.0. The van der Waals surface area contributed by atoms with Gasteiger partial charge >= 0.3 is 0 Å². The molecule has 1 aromatic carbocycles. The van der Waals surface area contributed by atoms with Crippen molar-refractivity contribution in [1.82, 2.24) is 10.3 Å². The number of carbonyl (C=O) groups is 1. The van der Waals surface area contributed by atoms with Gasteiger partial charge < -0.3 is 16.5 Å². The van der Waals surface area contributed by atoms with E-state index < -0.39 is 0 Å². The van der Waals surface area contributed by atoms with E-state index in [1.807, 2.05) is 24.3 Å². The second kappa shape index (κ2) is 6.77. The van der Waals surface area contributed by atoms with Gasteiger partial charge in [0.15, 0.2) is 5.96 Å². The van der Waals surface area contributed by atoms with Crippen LogP contribution in [0.3, 0.4) is 0 Å². The summed E-state index contributed by atoms with van der Waals surface area (Å²) in [4.78, 5) is 18.9. The summed E-state index contributed by atoms with van der Waals surface area (Å²) in [5.41, 5.74) is 12.3. The van der Waals surface area contributed by atoms with Gasteiger partial charge in [-0.05, 0) is 6.07 Å². The summed E-state index contributed by atoms with van der Waals surface area (Å²) in [6.07, 6.45) is 1.65. The standard InChI is InChI=1S/C12H15N5O.ClH/c13-5-6-15-12(14)17-11(18)9-7-16-10-4-2-1-3-8(9)10;/h1-4,7,16H,5-6,13H2,(H3,14,15,17,18);1H. The zero-order chi connectivity index (χ0) is 13.0. The van der Waals surface area contributed by atoms with E-state index in [0.29, 0.717) is 18.7 Å². The molecular formula is C12H16ClN5O. The SMILES string of the molecule is Cl.NCCN=C(N)NC(=O)c1c[nH]c2ccccc12. The number of nitrogens with zero attached hydrogens (tertiary/aromatic N) is 1. The first-order valence-electron chi connectivity index (χ1n) is 5.60. The quantitative estimate of drug-likeness (QED) is 0.488. The number of guanidine groups is 1.